The van der Waals surface area contributed by atoms with E-state index in [-0.39, 0.29) is 17.4 Å². The highest BCUT2D eigenvalue weighted by atomic mass is 16.5. The lowest BCUT2D eigenvalue weighted by molar-refractivity contribution is -0.140. The summed E-state index contributed by atoms with van der Waals surface area (Å²) in [5, 5.41) is 12.4. The molecule has 5 rings (SSSR count). The number of fused-ring (bicyclic) bond motifs is 2. The second kappa shape index (κ2) is 8.65. The molecule has 2 aromatic carbocycles. The number of nitrogens with one attached hydrogen (secondary N) is 1. The molecule has 0 bridgehead atoms. The normalized spacial score (nSPS) is 21.3. The molecule has 0 aliphatic carbocycles. The number of aromatic nitrogens is 1. The summed E-state index contributed by atoms with van der Waals surface area (Å²) in [6, 6.07) is 12.5. The van der Waals surface area contributed by atoms with Crippen molar-refractivity contribution in [2.45, 2.75) is 38.8 Å². The van der Waals surface area contributed by atoms with Gasteiger partial charge in [-0.1, -0.05) is 18.2 Å². The van der Waals surface area contributed by atoms with Crippen molar-refractivity contribution in [3.05, 3.63) is 70.4 Å². The summed E-state index contributed by atoms with van der Waals surface area (Å²) in [7, 11) is 1.60. The number of likely N-dealkylation sites (tertiary alicyclic amines) is 1. The van der Waals surface area contributed by atoms with Crippen LogP contribution in [-0.4, -0.2) is 53.0 Å². The largest absolute Gasteiger partial charge is 0.507 e. The number of aliphatic hydroxyl groups is 1. The monoisotopic (exact) mass is 460 g/mol. The van der Waals surface area contributed by atoms with Gasteiger partial charge in [0.25, 0.3) is 11.7 Å². The SMILES string of the molecule is COCCCN1C(=O)C(=O)/C(=C(/O)c2ccc3c(c2)CC(C)O3)C1c1c(C)[nH]c2ccccc12. The number of Topliss-reactive ketones (excluding diaryl/α,β-unsaturated/α-hetero) is 1. The summed E-state index contributed by atoms with van der Waals surface area (Å²) >= 11 is 0. The summed E-state index contributed by atoms with van der Waals surface area (Å²) in [5.74, 6) is -0.655. The average Bonchev–Trinajstić information content (AvgIpc) is 3.43. The molecule has 1 saturated heterocycles. The van der Waals surface area contributed by atoms with E-state index < -0.39 is 17.7 Å². The Labute approximate surface area is 198 Å². The summed E-state index contributed by atoms with van der Waals surface area (Å²) in [6.07, 6.45) is 1.37. The first kappa shape index (κ1) is 22.2. The Morgan fingerprint density at radius 1 is 1.24 bits per heavy atom. The lowest BCUT2D eigenvalue weighted by atomic mass is 9.92. The number of aryl methyl sites for hydroxylation is 1. The van der Waals surface area contributed by atoms with Gasteiger partial charge in [0.1, 0.15) is 17.6 Å². The average molecular weight is 461 g/mol. The van der Waals surface area contributed by atoms with Gasteiger partial charge < -0.3 is 24.5 Å². The van der Waals surface area contributed by atoms with Crippen LogP contribution in [0, 0.1) is 6.92 Å². The molecular formula is C27H28N2O5. The second-order valence-corrected chi connectivity index (χ2v) is 9.00. The van der Waals surface area contributed by atoms with E-state index in [2.05, 4.69) is 4.98 Å². The Balaban J connectivity index is 1.68. The van der Waals surface area contributed by atoms with Crippen LogP contribution in [0.2, 0.25) is 0 Å². The van der Waals surface area contributed by atoms with Crippen LogP contribution in [0.3, 0.4) is 0 Å². The summed E-state index contributed by atoms with van der Waals surface area (Å²) < 4.78 is 11.0. The van der Waals surface area contributed by atoms with Gasteiger partial charge in [0.05, 0.1) is 11.6 Å². The van der Waals surface area contributed by atoms with E-state index in [9.17, 15) is 14.7 Å². The zero-order chi connectivity index (χ0) is 24.0. The third kappa shape index (κ3) is 3.56. The molecule has 2 aliphatic heterocycles. The maximum absolute atomic E-state index is 13.3. The number of carbonyl (C=O) groups is 2. The van der Waals surface area contributed by atoms with Crippen LogP contribution in [0.25, 0.3) is 16.7 Å². The number of nitrogens with zero attached hydrogens (tertiary/aromatic N) is 1. The van der Waals surface area contributed by atoms with Gasteiger partial charge in [0.2, 0.25) is 0 Å². The number of ether oxygens (including phenoxy) is 2. The van der Waals surface area contributed by atoms with Crippen molar-refractivity contribution in [1.29, 1.82) is 0 Å². The molecule has 1 fully saturated rings. The fraction of sp³-hybridized carbons (Fsp3) is 0.333. The van der Waals surface area contributed by atoms with Crippen molar-refractivity contribution >= 4 is 28.4 Å². The van der Waals surface area contributed by atoms with Gasteiger partial charge in [-0.05, 0) is 50.1 Å². The fourth-order valence-electron chi connectivity index (χ4n) is 5.17. The minimum Gasteiger partial charge on any atom is -0.507 e. The molecule has 0 radical (unpaired) electrons. The molecule has 2 atom stereocenters. The number of H-pyrrole nitrogens is 1. The maximum atomic E-state index is 13.3. The van der Waals surface area contributed by atoms with E-state index in [4.69, 9.17) is 9.47 Å². The first-order chi connectivity index (χ1) is 16.4. The molecule has 7 nitrogen and oxygen atoms in total. The quantitative estimate of drug-likeness (QED) is 0.248. The van der Waals surface area contributed by atoms with Gasteiger partial charge in [-0.3, -0.25) is 9.59 Å². The molecule has 3 heterocycles. The Bertz CT molecular complexity index is 1320. The summed E-state index contributed by atoms with van der Waals surface area (Å²) in [4.78, 5) is 31.4. The van der Waals surface area contributed by atoms with Gasteiger partial charge in [-0.25, -0.2) is 0 Å². The Morgan fingerprint density at radius 2 is 2.03 bits per heavy atom. The number of para-hydroxylation sites is 1. The first-order valence-electron chi connectivity index (χ1n) is 11.5. The predicted molar refractivity (Wildman–Crippen MR) is 129 cm³/mol. The number of hydrogen-bond acceptors (Lipinski definition) is 5. The topological polar surface area (TPSA) is 91.9 Å². The summed E-state index contributed by atoms with van der Waals surface area (Å²) in [6.45, 7) is 4.73. The number of rotatable bonds is 6. The number of amides is 1. The third-order valence-corrected chi connectivity index (χ3v) is 6.67. The molecule has 2 aliphatic rings. The van der Waals surface area contributed by atoms with E-state index in [0.29, 0.717) is 25.1 Å². The molecule has 1 aromatic heterocycles. The van der Waals surface area contributed by atoms with Crippen LogP contribution < -0.4 is 4.74 Å². The standard InChI is InChI=1S/C27H28N2O5/c1-15-13-18-14-17(9-10-21(18)34-15)25(30)23-24(29(11-6-12-33-3)27(32)26(23)31)22-16(2)28-20-8-5-4-7-19(20)22/h4-5,7-10,14-15,24,28,30H,6,11-13H2,1-3H3/b25-23+. The molecule has 34 heavy (non-hydrogen) atoms. The Kier molecular flexibility index (Phi) is 5.65. The van der Waals surface area contributed by atoms with Crippen LogP contribution in [0.15, 0.2) is 48.0 Å². The van der Waals surface area contributed by atoms with Gasteiger partial charge in [0, 0.05) is 54.4 Å². The van der Waals surface area contributed by atoms with E-state index in [1.807, 2.05) is 50.2 Å². The highest BCUT2D eigenvalue weighted by Crippen LogP contribution is 2.44. The zero-order valence-corrected chi connectivity index (χ0v) is 19.6. The number of benzene rings is 2. The van der Waals surface area contributed by atoms with Crippen molar-refractivity contribution < 1.29 is 24.2 Å². The van der Waals surface area contributed by atoms with Crippen molar-refractivity contribution in [2.24, 2.45) is 0 Å². The van der Waals surface area contributed by atoms with Gasteiger partial charge in [0.15, 0.2) is 0 Å². The number of methoxy groups -OCH3 is 1. The molecular weight excluding hydrogens is 432 g/mol. The molecule has 3 aromatic rings. The fourth-order valence-corrected chi connectivity index (χ4v) is 5.17. The number of carbonyl (C=O) groups excluding carboxylic acids is 2. The maximum Gasteiger partial charge on any atom is 0.295 e. The molecule has 176 valence electrons. The molecule has 2 N–H and O–H groups in total. The molecule has 0 saturated carbocycles. The van der Waals surface area contributed by atoms with Crippen molar-refractivity contribution in [2.75, 3.05) is 20.3 Å². The van der Waals surface area contributed by atoms with Gasteiger partial charge in [-0.15, -0.1) is 0 Å². The first-order valence-corrected chi connectivity index (χ1v) is 11.5. The number of hydrogen-bond donors (Lipinski definition) is 2. The molecule has 1 amide bonds. The molecule has 0 spiro atoms. The van der Waals surface area contributed by atoms with Crippen LogP contribution in [-0.2, 0) is 20.7 Å². The Hall–Kier alpha value is -3.58. The smallest absolute Gasteiger partial charge is 0.295 e. The van der Waals surface area contributed by atoms with Gasteiger partial charge >= 0.3 is 0 Å². The highest BCUT2D eigenvalue weighted by molar-refractivity contribution is 6.46. The third-order valence-electron chi connectivity index (χ3n) is 6.67. The molecule has 2 unspecified atom stereocenters. The molecule has 7 heteroatoms. The van der Waals surface area contributed by atoms with E-state index in [1.165, 1.54) is 0 Å². The van der Waals surface area contributed by atoms with E-state index in [1.54, 1.807) is 18.1 Å². The minimum atomic E-state index is -0.698. The van der Waals surface area contributed by atoms with Crippen molar-refractivity contribution in [3.63, 3.8) is 0 Å². The second-order valence-electron chi connectivity index (χ2n) is 9.00. The van der Waals surface area contributed by atoms with Crippen LogP contribution in [0.4, 0.5) is 0 Å². The van der Waals surface area contributed by atoms with Crippen molar-refractivity contribution in [3.8, 4) is 5.75 Å². The Morgan fingerprint density at radius 3 is 2.82 bits per heavy atom. The van der Waals surface area contributed by atoms with Crippen LogP contribution in [0.5, 0.6) is 5.75 Å². The number of aromatic amines is 1. The van der Waals surface area contributed by atoms with Crippen molar-refractivity contribution in [1.82, 2.24) is 9.88 Å². The van der Waals surface area contributed by atoms with Gasteiger partial charge in [-0.2, -0.15) is 0 Å². The number of ketones is 1. The van der Waals surface area contributed by atoms with E-state index in [0.717, 1.165) is 39.9 Å². The lowest BCUT2D eigenvalue weighted by Crippen LogP contribution is -2.31. The van der Waals surface area contributed by atoms with E-state index >= 15 is 0 Å². The summed E-state index contributed by atoms with van der Waals surface area (Å²) in [5.41, 5.74) is 4.20. The predicted octanol–water partition coefficient (Wildman–Crippen LogP) is 4.26. The van der Waals surface area contributed by atoms with Crippen LogP contribution in [0.1, 0.15) is 41.8 Å². The number of aliphatic hydroxyl groups excluding tert-OH is 1. The highest BCUT2D eigenvalue weighted by Gasteiger charge is 2.47. The zero-order valence-electron chi connectivity index (χ0n) is 19.6. The minimum absolute atomic E-state index is 0.0626. The van der Waals surface area contributed by atoms with Crippen LogP contribution >= 0.6 is 0 Å². The lowest BCUT2D eigenvalue weighted by Gasteiger charge is -2.25.